The lowest BCUT2D eigenvalue weighted by Gasteiger charge is -2.34. The second-order valence-corrected chi connectivity index (χ2v) is 9.43. The Morgan fingerprint density at radius 2 is 1.81 bits per heavy atom. The highest BCUT2D eigenvalue weighted by molar-refractivity contribution is 9.10. The first kappa shape index (κ1) is 20.0. The third kappa shape index (κ3) is 4.42. The maximum absolute atomic E-state index is 13.1. The Bertz CT molecular complexity index is 885. The van der Waals surface area contributed by atoms with Crippen LogP contribution in [0.15, 0.2) is 64.0 Å². The van der Waals surface area contributed by atoms with E-state index in [-0.39, 0.29) is 23.3 Å². The van der Waals surface area contributed by atoms with Crippen LogP contribution in [0, 0.1) is 5.92 Å². The smallest absolute Gasteiger partial charge is 0.243 e. The minimum Gasteiger partial charge on any atom is -0.312 e. The molecule has 3 rings (SSSR count). The molecule has 1 aliphatic rings. The molecule has 1 unspecified atom stereocenters. The minimum absolute atomic E-state index is 0.0144. The number of benzene rings is 2. The summed E-state index contributed by atoms with van der Waals surface area (Å²) in [6.45, 7) is 3.16. The van der Waals surface area contributed by atoms with Crippen molar-refractivity contribution in [1.82, 2.24) is 4.31 Å². The van der Waals surface area contributed by atoms with Gasteiger partial charge in [0.2, 0.25) is 15.9 Å². The monoisotopic (exact) mass is 450 g/mol. The van der Waals surface area contributed by atoms with E-state index in [1.165, 1.54) is 4.31 Å². The Morgan fingerprint density at radius 3 is 2.44 bits per heavy atom. The molecule has 144 valence electrons. The molecule has 0 aromatic heterocycles. The molecule has 1 amide bonds. The molecule has 0 spiro atoms. The van der Waals surface area contributed by atoms with Crippen molar-refractivity contribution in [3.8, 4) is 0 Å². The van der Waals surface area contributed by atoms with Crippen molar-refractivity contribution in [3.05, 3.63) is 59.1 Å². The van der Waals surface area contributed by atoms with Gasteiger partial charge in [0, 0.05) is 29.8 Å². The summed E-state index contributed by atoms with van der Waals surface area (Å²) in [5.74, 6) is -0.344. The summed E-state index contributed by atoms with van der Waals surface area (Å²) in [6, 6.07) is 16.1. The summed E-state index contributed by atoms with van der Waals surface area (Å²) < 4.78 is 28.2. The number of halogens is 1. The Morgan fingerprint density at radius 1 is 1.15 bits per heavy atom. The summed E-state index contributed by atoms with van der Waals surface area (Å²) in [5.41, 5.74) is 0.845. The van der Waals surface area contributed by atoms with Crippen molar-refractivity contribution >= 4 is 37.5 Å². The van der Waals surface area contributed by atoms with E-state index in [1.54, 1.807) is 29.2 Å². The fourth-order valence-electron chi connectivity index (χ4n) is 3.41. The van der Waals surface area contributed by atoms with Gasteiger partial charge in [-0.3, -0.25) is 4.79 Å². The highest BCUT2D eigenvalue weighted by atomic mass is 79.9. The quantitative estimate of drug-likeness (QED) is 0.693. The number of piperidine rings is 1. The van der Waals surface area contributed by atoms with Gasteiger partial charge in [0.15, 0.2) is 0 Å². The van der Waals surface area contributed by atoms with Crippen molar-refractivity contribution in [2.24, 2.45) is 5.92 Å². The number of para-hydroxylation sites is 1. The predicted molar refractivity (Wildman–Crippen MR) is 110 cm³/mol. The molecule has 1 atom stereocenters. The molecule has 1 heterocycles. The standard InChI is InChI=1S/C20H23BrN2O3S/c1-2-23(18-8-4-3-5-9-18)20(24)16-7-6-14-22(15-16)27(25,26)19-12-10-17(21)11-13-19/h3-5,8-13,16H,2,6-7,14-15H2,1H3. The Kier molecular flexibility index (Phi) is 6.34. The lowest BCUT2D eigenvalue weighted by molar-refractivity contribution is -0.123. The van der Waals surface area contributed by atoms with Crippen molar-refractivity contribution in [2.75, 3.05) is 24.5 Å². The Labute approximate surface area is 169 Å². The van der Waals surface area contributed by atoms with Gasteiger partial charge >= 0.3 is 0 Å². The van der Waals surface area contributed by atoms with Gasteiger partial charge in [0.1, 0.15) is 0 Å². The van der Waals surface area contributed by atoms with E-state index in [4.69, 9.17) is 0 Å². The van der Waals surface area contributed by atoms with E-state index in [1.807, 2.05) is 37.3 Å². The van der Waals surface area contributed by atoms with Gasteiger partial charge in [-0.15, -0.1) is 0 Å². The van der Waals surface area contributed by atoms with Crippen LogP contribution in [-0.2, 0) is 14.8 Å². The average molecular weight is 451 g/mol. The summed E-state index contributed by atoms with van der Waals surface area (Å²) in [5, 5.41) is 0. The first-order valence-electron chi connectivity index (χ1n) is 9.05. The van der Waals surface area contributed by atoms with Gasteiger partial charge in [-0.1, -0.05) is 34.1 Å². The largest absolute Gasteiger partial charge is 0.312 e. The Hall–Kier alpha value is -1.70. The zero-order chi connectivity index (χ0) is 19.4. The average Bonchev–Trinajstić information content (AvgIpc) is 2.70. The molecule has 1 saturated heterocycles. The molecule has 5 nitrogen and oxygen atoms in total. The van der Waals surface area contributed by atoms with E-state index in [2.05, 4.69) is 15.9 Å². The molecule has 0 aliphatic carbocycles. The van der Waals surface area contributed by atoms with Crippen LogP contribution >= 0.6 is 15.9 Å². The fraction of sp³-hybridized carbons (Fsp3) is 0.350. The molecule has 1 fully saturated rings. The van der Waals surface area contributed by atoms with Crippen molar-refractivity contribution in [2.45, 2.75) is 24.7 Å². The second-order valence-electron chi connectivity index (χ2n) is 6.57. The molecule has 0 radical (unpaired) electrons. The summed E-state index contributed by atoms with van der Waals surface area (Å²) >= 11 is 3.32. The lowest BCUT2D eigenvalue weighted by Crippen LogP contribution is -2.46. The number of anilines is 1. The third-order valence-corrected chi connectivity index (χ3v) is 7.24. The number of sulfonamides is 1. The van der Waals surface area contributed by atoms with Gasteiger partial charge < -0.3 is 4.90 Å². The molecule has 1 aliphatic heterocycles. The van der Waals surface area contributed by atoms with Crippen molar-refractivity contribution < 1.29 is 13.2 Å². The van der Waals surface area contributed by atoms with Crippen LogP contribution in [0.3, 0.4) is 0 Å². The summed E-state index contributed by atoms with van der Waals surface area (Å²) in [4.78, 5) is 15.1. The zero-order valence-corrected chi connectivity index (χ0v) is 17.6. The van der Waals surface area contributed by atoms with Crippen LogP contribution in [0.25, 0.3) is 0 Å². The van der Waals surface area contributed by atoms with E-state index >= 15 is 0 Å². The molecule has 27 heavy (non-hydrogen) atoms. The van der Waals surface area contributed by atoms with E-state index in [0.717, 1.165) is 10.2 Å². The lowest BCUT2D eigenvalue weighted by atomic mass is 9.97. The number of hydrogen-bond donors (Lipinski definition) is 0. The molecule has 2 aromatic rings. The van der Waals surface area contributed by atoms with Gasteiger partial charge in [-0.05, 0) is 56.2 Å². The molecule has 0 bridgehead atoms. The maximum atomic E-state index is 13.1. The number of amides is 1. The molecular weight excluding hydrogens is 428 g/mol. The predicted octanol–water partition coefficient (Wildman–Crippen LogP) is 3.90. The number of hydrogen-bond acceptors (Lipinski definition) is 3. The summed E-state index contributed by atoms with van der Waals surface area (Å²) in [7, 11) is -3.60. The number of carbonyl (C=O) groups is 1. The molecule has 7 heteroatoms. The maximum Gasteiger partial charge on any atom is 0.243 e. The van der Waals surface area contributed by atoms with Crippen LogP contribution in [0.2, 0.25) is 0 Å². The highest BCUT2D eigenvalue weighted by Gasteiger charge is 2.35. The van der Waals surface area contributed by atoms with Crippen LogP contribution in [-0.4, -0.2) is 38.3 Å². The van der Waals surface area contributed by atoms with Crippen molar-refractivity contribution in [1.29, 1.82) is 0 Å². The van der Waals surface area contributed by atoms with E-state index in [0.29, 0.717) is 25.9 Å². The van der Waals surface area contributed by atoms with Crippen molar-refractivity contribution in [3.63, 3.8) is 0 Å². The van der Waals surface area contributed by atoms with Crippen LogP contribution in [0.4, 0.5) is 5.69 Å². The van der Waals surface area contributed by atoms with E-state index < -0.39 is 10.0 Å². The number of nitrogens with zero attached hydrogens (tertiary/aromatic N) is 2. The van der Waals surface area contributed by atoms with Crippen LogP contribution < -0.4 is 4.90 Å². The fourth-order valence-corrected chi connectivity index (χ4v) is 5.20. The SMILES string of the molecule is CCN(C(=O)C1CCCN(S(=O)(=O)c2ccc(Br)cc2)C1)c1ccccc1. The molecule has 2 aromatic carbocycles. The molecule has 0 N–H and O–H groups in total. The highest BCUT2D eigenvalue weighted by Crippen LogP contribution is 2.27. The first-order chi connectivity index (χ1) is 12.9. The summed E-state index contributed by atoms with van der Waals surface area (Å²) in [6.07, 6.45) is 1.38. The van der Waals surface area contributed by atoms with Crippen LogP contribution in [0.1, 0.15) is 19.8 Å². The Balaban J connectivity index is 1.79. The van der Waals surface area contributed by atoms with Gasteiger partial charge in [0.05, 0.1) is 10.8 Å². The topological polar surface area (TPSA) is 57.7 Å². The van der Waals surface area contributed by atoms with Gasteiger partial charge in [0.25, 0.3) is 0 Å². The minimum atomic E-state index is -3.60. The third-order valence-electron chi connectivity index (χ3n) is 4.83. The molecular formula is C20H23BrN2O3S. The van der Waals surface area contributed by atoms with E-state index in [9.17, 15) is 13.2 Å². The van der Waals surface area contributed by atoms with Gasteiger partial charge in [-0.2, -0.15) is 4.31 Å². The second kappa shape index (κ2) is 8.54. The van der Waals surface area contributed by atoms with Gasteiger partial charge in [-0.25, -0.2) is 8.42 Å². The molecule has 0 saturated carbocycles. The number of carbonyl (C=O) groups excluding carboxylic acids is 1. The van der Waals surface area contributed by atoms with Crippen LogP contribution in [0.5, 0.6) is 0 Å². The normalized spacial score (nSPS) is 18.2. The number of rotatable bonds is 5. The first-order valence-corrected chi connectivity index (χ1v) is 11.3. The zero-order valence-electron chi connectivity index (χ0n) is 15.2.